The summed E-state index contributed by atoms with van der Waals surface area (Å²) in [4.78, 5) is 12.3. The number of hydrogen-bond donors (Lipinski definition) is 1. The molecule has 6 heteroatoms. The molecule has 2 aromatic carbocycles. The van der Waals surface area contributed by atoms with Crippen LogP contribution in [0.3, 0.4) is 0 Å². The van der Waals surface area contributed by atoms with Crippen LogP contribution in [0.2, 0.25) is 5.02 Å². The van der Waals surface area contributed by atoms with E-state index in [0.29, 0.717) is 22.9 Å². The highest BCUT2D eigenvalue weighted by Crippen LogP contribution is 2.22. The number of nitrogens with zero attached hydrogens (tertiary/aromatic N) is 2. The van der Waals surface area contributed by atoms with Crippen LogP contribution in [0.4, 0.5) is 5.82 Å². The predicted octanol–water partition coefficient (Wildman–Crippen LogP) is 4.60. The molecule has 1 amide bonds. The van der Waals surface area contributed by atoms with Crippen LogP contribution in [0.25, 0.3) is 0 Å². The molecule has 0 atom stereocenters. The summed E-state index contributed by atoms with van der Waals surface area (Å²) in [5.41, 5.74) is 1.64. The minimum Gasteiger partial charge on any atom is -0.304 e. The first-order chi connectivity index (χ1) is 11.1. The van der Waals surface area contributed by atoms with E-state index in [2.05, 4.69) is 26.3 Å². The molecule has 0 unspecified atom stereocenters. The van der Waals surface area contributed by atoms with E-state index in [0.717, 1.165) is 10.0 Å². The molecule has 116 valence electrons. The first kappa shape index (κ1) is 15.8. The molecule has 0 aliphatic carbocycles. The van der Waals surface area contributed by atoms with Crippen molar-refractivity contribution in [1.82, 2.24) is 9.78 Å². The summed E-state index contributed by atoms with van der Waals surface area (Å²) in [7, 11) is 0. The van der Waals surface area contributed by atoms with Gasteiger partial charge in [-0.3, -0.25) is 9.48 Å². The van der Waals surface area contributed by atoms with Gasteiger partial charge in [0.1, 0.15) is 5.02 Å². The van der Waals surface area contributed by atoms with E-state index in [-0.39, 0.29) is 5.91 Å². The highest BCUT2D eigenvalue weighted by Gasteiger charge is 2.14. The topological polar surface area (TPSA) is 46.9 Å². The van der Waals surface area contributed by atoms with Crippen LogP contribution >= 0.6 is 27.5 Å². The molecule has 0 aliphatic rings. The van der Waals surface area contributed by atoms with Gasteiger partial charge in [0.2, 0.25) is 0 Å². The average molecular weight is 391 g/mol. The van der Waals surface area contributed by atoms with Crippen LogP contribution in [0.15, 0.2) is 65.3 Å². The Morgan fingerprint density at radius 3 is 2.57 bits per heavy atom. The molecule has 0 spiro atoms. The van der Waals surface area contributed by atoms with E-state index < -0.39 is 0 Å². The summed E-state index contributed by atoms with van der Waals surface area (Å²) in [5, 5.41) is 7.48. The summed E-state index contributed by atoms with van der Waals surface area (Å²) < 4.78 is 2.42. The third kappa shape index (κ3) is 3.81. The quantitative estimate of drug-likeness (QED) is 0.708. The summed E-state index contributed by atoms with van der Waals surface area (Å²) >= 11 is 9.53. The molecule has 0 saturated heterocycles. The lowest BCUT2D eigenvalue weighted by atomic mass is 10.2. The molecule has 0 aliphatic heterocycles. The number of carbonyl (C=O) groups excluding carboxylic acids is 1. The number of halogens is 2. The van der Waals surface area contributed by atoms with E-state index in [4.69, 9.17) is 11.6 Å². The Bertz CT molecular complexity index is 833. The minimum absolute atomic E-state index is 0.260. The minimum atomic E-state index is -0.260. The van der Waals surface area contributed by atoms with E-state index in [1.54, 1.807) is 23.0 Å². The SMILES string of the molecule is O=C(Nc1nn(Cc2ccccc2)cc1Cl)c1ccccc1Br. The van der Waals surface area contributed by atoms with Gasteiger partial charge in [0.15, 0.2) is 5.82 Å². The van der Waals surface area contributed by atoms with Crippen molar-refractivity contribution in [2.45, 2.75) is 6.54 Å². The Morgan fingerprint density at radius 1 is 1.13 bits per heavy atom. The zero-order valence-corrected chi connectivity index (χ0v) is 14.4. The molecule has 1 N–H and O–H groups in total. The fraction of sp³-hybridized carbons (Fsp3) is 0.0588. The molecular formula is C17H13BrClN3O. The third-order valence-corrected chi connectivity index (χ3v) is 4.22. The molecule has 0 saturated carbocycles. The number of benzene rings is 2. The van der Waals surface area contributed by atoms with E-state index in [1.165, 1.54) is 0 Å². The fourth-order valence-corrected chi connectivity index (χ4v) is 2.82. The number of carbonyl (C=O) groups is 1. The lowest BCUT2D eigenvalue weighted by Gasteiger charge is -2.05. The lowest BCUT2D eigenvalue weighted by molar-refractivity contribution is 0.102. The van der Waals surface area contributed by atoms with E-state index in [1.807, 2.05) is 42.5 Å². The molecule has 0 radical (unpaired) electrons. The molecule has 23 heavy (non-hydrogen) atoms. The Morgan fingerprint density at radius 2 is 1.83 bits per heavy atom. The van der Waals surface area contributed by atoms with Gasteiger partial charge < -0.3 is 5.32 Å². The zero-order chi connectivity index (χ0) is 16.2. The van der Waals surface area contributed by atoms with Crippen molar-refractivity contribution >= 4 is 39.3 Å². The van der Waals surface area contributed by atoms with Crippen LogP contribution in [-0.2, 0) is 6.54 Å². The maximum Gasteiger partial charge on any atom is 0.258 e. The largest absolute Gasteiger partial charge is 0.304 e. The molecule has 0 fully saturated rings. The van der Waals surface area contributed by atoms with Gasteiger partial charge in [-0.15, -0.1) is 0 Å². The lowest BCUT2D eigenvalue weighted by Crippen LogP contribution is -2.13. The summed E-state index contributed by atoms with van der Waals surface area (Å²) in [6.45, 7) is 0.589. The van der Waals surface area contributed by atoms with Gasteiger partial charge >= 0.3 is 0 Å². The highest BCUT2D eigenvalue weighted by atomic mass is 79.9. The number of aromatic nitrogens is 2. The molecule has 1 aromatic heterocycles. The van der Waals surface area contributed by atoms with Crippen molar-refractivity contribution in [3.63, 3.8) is 0 Å². The van der Waals surface area contributed by atoms with Gasteiger partial charge in [0, 0.05) is 10.7 Å². The Balaban J connectivity index is 1.76. The summed E-state index contributed by atoms with van der Waals surface area (Å²) in [5.74, 6) is 0.0905. The molecule has 1 heterocycles. The van der Waals surface area contributed by atoms with Crippen LogP contribution < -0.4 is 5.32 Å². The molecule has 4 nitrogen and oxygen atoms in total. The highest BCUT2D eigenvalue weighted by molar-refractivity contribution is 9.10. The fourth-order valence-electron chi connectivity index (χ4n) is 2.15. The number of amides is 1. The van der Waals surface area contributed by atoms with Crippen molar-refractivity contribution in [1.29, 1.82) is 0 Å². The molecule has 0 bridgehead atoms. The van der Waals surface area contributed by atoms with Crippen LogP contribution in [0.1, 0.15) is 15.9 Å². The first-order valence-electron chi connectivity index (χ1n) is 6.96. The van der Waals surface area contributed by atoms with Crippen LogP contribution in [0.5, 0.6) is 0 Å². The Labute approximate surface area is 147 Å². The average Bonchev–Trinajstić information content (AvgIpc) is 2.88. The van der Waals surface area contributed by atoms with Crippen LogP contribution in [-0.4, -0.2) is 15.7 Å². The third-order valence-electron chi connectivity index (χ3n) is 3.25. The maximum atomic E-state index is 12.3. The monoisotopic (exact) mass is 389 g/mol. The second-order valence-electron chi connectivity index (χ2n) is 4.94. The summed E-state index contributed by atoms with van der Waals surface area (Å²) in [6, 6.07) is 17.1. The van der Waals surface area contributed by atoms with Gasteiger partial charge in [0.25, 0.3) is 5.91 Å². The second kappa shape index (κ2) is 6.98. The molecular weight excluding hydrogens is 378 g/mol. The normalized spacial score (nSPS) is 10.5. The van der Waals surface area contributed by atoms with E-state index in [9.17, 15) is 4.79 Å². The Hall–Kier alpha value is -2.11. The van der Waals surface area contributed by atoms with Gasteiger partial charge in [-0.05, 0) is 33.6 Å². The van der Waals surface area contributed by atoms with Crippen molar-refractivity contribution in [2.75, 3.05) is 5.32 Å². The first-order valence-corrected chi connectivity index (χ1v) is 8.13. The van der Waals surface area contributed by atoms with Crippen molar-refractivity contribution in [2.24, 2.45) is 0 Å². The van der Waals surface area contributed by atoms with Gasteiger partial charge in [-0.25, -0.2) is 0 Å². The van der Waals surface area contributed by atoms with Crippen molar-refractivity contribution in [3.8, 4) is 0 Å². The smallest absolute Gasteiger partial charge is 0.258 e. The van der Waals surface area contributed by atoms with Crippen molar-refractivity contribution in [3.05, 3.63) is 81.4 Å². The number of rotatable bonds is 4. The standard InChI is InChI=1S/C17H13BrClN3O/c18-14-9-5-4-8-13(14)17(23)20-16-15(19)11-22(21-16)10-12-6-2-1-3-7-12/h1-9,11H,10H2,(H,20,21,23). The zero-order valence-electron chi connectivity index (χ0n) is 12.0. The molecule has 3 rings (SSSR count). The predicted molar refractivity (Wildman–Crippen MR) is 94.9 cm³/mol. The van der Waals surface area contributed by atoms with Crippen molar-refractivity contribution < 1.29 is 4.79 Å². The number of anilines is 1. The Kier molecular flexibility index (Phi) is 4.79. The van der Waals surface area contributed by atoms with Gasteiger partial charge in [-0.2, -0.15) is 5.10 Å². The number of nitrogens with one attached hydrogen (secondary N) is 1. The van der Waals surface area contributed by atoms with Gasteiger partial charge in [0.05, 0.1) is 12.1 Å². The number of hydrogen-bond acceptors (Lipinski definition) is 2. The van der Waals surface area contributed by atoms with Crippen LogP contribution in [0, 0.1) is 0 Å². The van der Waals surface area contributed by atoms with Gasteiger partial charge in [-0.1, -0.05) is 54.1 Å². The summed E-state index contributed by atoms with van der Waals surface area (Å²) in [6.07, 6.45) is 1.70. The second-order valence-corrected chi connectivity index (χ2v) is 6.20. The van der Waals surface area contributed by atoms with E-state index >= 15 is 0 Å². The maximum absolute atomic E-state index is 12.3. The molecule has 3 aromatic rings.